The van der Waals surface area contributed by atoms with E-state index in [2.05, 4.69) is 15.4 Å². The summed E-state index contributed by atoms with van der Waals surface area (Å²) in [5.41, 5.74) is -0.368. The van der Waals surface area contributed by atoms with E-state index in [1.165, 1.54) is 24.1 Å². The lowest BCUT2D eigenvalue weighted by atomic mass is 9.87. The molecule has 2 rings (SSSR count). The maximum Gasteiger partial charge on any atom is 0.408 e. The Balaban J connectivity index is 2.45. The van der Waals surface area contributed by atoms with Gasteiger partial charge in [-0.1, -0.05) is 26.0 Å². The molecule has 0 aromatic heterocycles. The molecular formula is C25H37N3O7. The van der Waals surface area contributed by atoms with E-state index in [9.17, 15) is 24.3 Å². The van der Waals surface area contributed by atoms with Gasteiger partial charge in [0.2, 0.25) is 11.8 Å². The quantitative estimate of drug-likeness (QED) is 0.452. The summed E-state index contributed by atoms with van der Waals surface area (Å²) in [7, 11) is 1.21. The van der Waals surface area contributed by atoms with Crippen LogP contribution >= 0.6 is 0 Å². The molecule has 1 aliphatic rings. The second-order valence-corrected chi connectivity index (χ2v) is 9.99. The lowest BCUT2D eigenvalue weighted by Gasteiger charge is -2.44. The molecule has 35 heavy (non-hydrogen) atoms. The number of esters is 1. The number of phenols is 1. The Kier molecular flexibility index (Phi) is 9.50. The number of hydrogen-bond donors (Lipinski definition) is 3. The molecule has 1 saturated carbocycles. The highest BCUT2D eigenvalue weighted by Gasteiger charge is 2.42. The number of carbonyl (C=O) groups is 4. The summed E-state index contributed by atoms with van der Waals surface area (Å²) >= 11 is 0. The van der Waals surface area contributed by atoms with E-state index in [4.69, 9.17) is 4.74 Å². The first-order valence-corrected chi connectivity index (χ1v) is 11.8. The molecule has 2 atom stereocenters. The second-order valence-electron chi connectivity index (χ2n) is 9.99. The highest BCUT2D eigenvalue weighted by Crippen LogP contribution is 2.35. The normalized spacial score (nSPS) is 15.4. The van der Waals surface area contributed by atoms with Crippen molar-refractivity contribution in [3.63, 3.8) is 0 Å². The fourth-order valence-electron chi connectivity index (χ4n) is 3.75. The third-order valence-electron chi connectivity index (χ3n) is 5.67. The van der Waals surface area contributed by atoms with Crippen molar-refractivity contribution in [2.24, 2.45) is 5.92 Å². The average molecular weight is 492 g/mol. The topological polar surface area (TPSA) is 134 Å². The fourth-order valence-corrected chi connectivity index (χ4v) is 3.75. The van der Waals surface area contributed by atoms with Crippen LogP contribution in [-0.2, 0) is 23.9 Å². The van der Waals surface area contributed by atoms with Gasteiger partial charge in [0.25, 0.3) is 0 Å². The zero-order valence-corrected chi connectivity index (χ0v) is 21.3. The van der Waals surface area contributed by atoms with Crippen LogP contribution in [0.1, 0.15) is 65.5 Å². The summed E-state index contributed by atoms with van der Waals surface area (Å²) in [5.74, 6) is -2.05. The van der Waals surface area contributed by atoms with E-state index in [1.54, 1.807) is 46.8 Å². The maximum absolute atomic E-state index is 13.9. The van der Waals surface area contributed by atoms with Crippen molar-refractivity contribution in [3.8, 4) is 5.75 Å². The number of ether oxygens (including phenoxy) is 2. The van der Waals surface area contributed by atoms with Crippen molar-refractivity contribution in [2.45, 2.75) is 77.6 Å². The Hall–Kier alpha value is -3.30. The number of methoxy groups -OCH3 is 1. The van der Waals surface area contributed by atoms with Crippen molar-refractivity contribution in [1.82, 2.24) is 15.5 Å². The van der Waals surface area contributed by atoms with Crippen LogP contribution in [0.3, 0.4) is 0 Å². The number of aromatic hydroxyl groups is 1. The molecule has 0 bridgehead atoms. The number of alkyl carbamates (subject to hydrolysis) is 1. The number of carbonyl (C=O) groups excluding carboxylic acids is 4. The molecule has 1 aromatic rings. The summed E-state index contributed by atoms with van der Waals surface area (Å²) in [6, 6.07) is 3.74. The van der Waals surface area contributed by atoms with Crippen LogP contribution in [-0.4, -0.2) is 65.2 Å². The summed E-state index contributed by atoms with van der Waals surface area (Å²) in [4.78, 5) is 52.9. The minimum absolute atomic E-state index is 0.0680. The van der Waals surface area contributed by atoms with E-state index in [0.717, 1.165) is 6.42 Å². The predicted molar refractivity (Wildman–Crippen MR) is 128 cm³/mol. The van der Waals surface area contributed by atoms with Gasteiger partial charge in [0.15, 0.2) is 0 Å². The van der Waals surface area contributed by atoms with Gasteiger partial charge in [-0.2, -0.15) is 0 Å². The van der Waals surface area contributed by atoms with Crippen molar-refractivity contribution >= 4 is 23.9 Å². The first-order chi connectivity index (χ1) is 16.3. The minimum Gasteiger partial charge on any atom is -0.508 e. The van der Waals surface area contributed by atoms with E-state index < -0.39 is 41.6 Å². The summed E-state index contributed by atoms with van der Waals surface area (Å²) in [6.07, 6.45) is 1.52. The summed E-state index contributed by atoms with van der Waals surface area (Å²) < 4.78 is 9.96. The third kappa shape index (κ3) is 7.87. The van der Waals surface area contributed by atoms with E-state index in [1.807, 2.05) is 0 Å². The molecule has 0 radical (unpaired) electrons. The van der Waals surface area contributed by atoms with Gasteiger partial charge in [0, 0.05) is 6.04 Å². The Labute approximate surface area is 206 Å². The van der Waals surface area contributed by atoms with Crippen molar-refractivity contribution in [1.29, 1.82) is 0 Å². The van der Waals surface area contributed by atoms with Crippen LogP contribution < -0.4 is 10.6 Å². The van der Waals surface area contributed by atoms with Gasteiger partial charge in [0.1, 0.15) is 30.0 Å². The molecule has 1 aliphatic carbocycles. The lowest BCUT2D eigenvalue weighted by molar-refractivity contribution is -0.149. The number of amides is 3. The number of rotatable bonds is 9. The minimum atomic E-state index is -1.13. The fraction of sp³-hybridized carbons (Fsp3) is 0.600. The predicted octanol–water partition coefficient (Wildman–Crippen LogP) is 2.65. The van der Waals surface area contributed by atoms with Gasteiger partial charge in [-0.25, -0.2) is 4.79 Å². The van der Waals surface area contributed by atoms with Crippen LogP contribution in [0.5, 0.6) is 5.75 Å². The first kappa shape index (κ1) is 27.9. The van der Waals surface area contributed by atoms with Crippen LogP contribution in [0.4, 0.5) is 4.79 Å². The molecular weight excluding hydrogens is 454 g/mol. The molecule has 1 aromatic carbocycles. The highest BCUT2D eigenvalue weighted by molar-refractivity contribution is 5.93. The van der Waals surface area contributed by atoms with Gasteiger partial charge >= 0.3 is 12.1 Å². The van der Waals surface area contributed by atoms with Gasteiger partial charge in [-0.3, -0.25) is 14.4 Å². The molecule has 3 amide bonds. The van der Waals surface area contributed by atoms with Gasteiger partial charge in [-0.05, 0) is 63.6 Å². The zero-order chi connectivity index (χ0) is 26.3. The standard InChI is InChI=1S/C25H37N3O7/c1-15(2)20(27-24(33)35-25(3,4)5)23(32)28(17-10-8-11-17)21(16-9-7-12-18(29)13-16)22(31)26-14-19(30)34-6/h7,9,12-13,15,17,20-21,29H,8,10-11,14H2,1-6H3,(H,26,31)(H,27,33). The molecule has 2 unspecified atom stereocenters. The molecule has 194 valence electrons. The number of nitrogens with one attached hydrogen (secondary N) is 2. The Morgan fingerprint density at radius 1 is 1.17 bits per heavy atom. The van der Waals surface area contributed by atoms with E-state index >= 15 is 0 Å². The molecule has 0 spiro atoms. The Morgan fingerprint density at radius 3 is 2.31 bits per heavy atom. The second kappa shape index (κ2) is 11.9. The Morgan fingerprint density at radius 2 is 1.83 bits per heavy atom. The molecule has 0 saturated heterocycles. The molecule has 0 heterocycles. The average Bonchev–Trinajstić information content (AvgIpc) is 2.72. The molecule has 3 N–H and O–H groups in total. The van der Waals surface area contributed by atoms with Gasteiger partial charge in [-0.15, -0.1) is 0 Å². The molecule has 10 heteroatoms. The number of benzene rings is 1. The van der Waals surface area contributed by atoms with E-state index in [0.29, 0.717) is 18.4 Å². The van der Waals surface area contributed by atoms with Crippen LogP contribution in [0.25, 0.3) is 0 Å². The first-order valence-electron chi connectivity index (χ1n) is 11.8. The van der Waals surface area contributed by atoms with Crippen molar-refractivity contribution in [2.75, 3.05) is 13.7 Å². The summed E-state index contributed by atoms with van der Waals surface area (Å²) in [6.45, 7) is 8.38. The molecule has 0 aliphatic heterocycles. The number of phenolic OH excluding ortho intramolecular Hbond substituents is 1. The van der Waals surface area contributed by atoms with Crippen LogP contribution in [0.2, 0.25) is 0 Å². The number of hydrogen-bond acceptors (Lipinski definition) is 7. The molecule has 10 nitrogen and oxygen atoms in total. The number of nitrogens with zero attached hydrogens (tertiary/aromatic N) is 1. The molecule has 1 fully saturated rings. The van der Waals surface area contributed by atoms with Crippen molar-refractivity contribution in [3.05, 3.63) is 29.8 Å². The smallest absolute Gasteiger partial charge is 0.408 e. The largest absolute Gasteiger partial charge is 0.508 e. The van der Waals surface area contributed by atoms with Gasteiger partial charge in [0.05, 0.1) is 7.11 Å². The van der Waals surface area contributed by atoms with Gasteiger partial charge < -0.3 is 30.1 Å². The zero-order valence-electron chi connectivity index (χ0n) is 21.3. The van der Waals surface area contributed by atoms with E-state index in [-0.39, 0.29) is 24.3 Å². The monoisotopic (exact) mass is 491 g/mol. The van der Waals surface area contributed by atoms with Crippen LogP contribution in [0, 0.1) is 5.92 Å². The third-order valence-corrected chi connectivity index (χ3v) is 5.67. The Bertz CT molecular complexity index is 922. The SMILES string of the molecule is COC(=O)CNC(=O)C(c1cccc(O)c1)N(C(=O)C(NC(=O)OC(C)(C)C)C(C)C)C1CCC1. The van der Waals surface area contributed by atoms with Crippen LogP contribution in [0.15, 0.2) is 24.3 Å². The highest BCUT2D eigenvalue weighted by atomic mass is 16.6. The maximum atomic E-state index is 13.9. The van der Waals surface area contributed by atoms with Crippen molar-refractivity contribution < 1.29 is 33.8 Å². The summed E-state index contributed by atoms with van der Waals surface area (Å²) in [5, 5.41) is 15.3. The lowest BCUT2D eigenvalue weighted by Crippen LogP contribution is -2.59.